The highest BCUT2D eigenvalue weighted by Crippen LogP contribution is 2.38. The van der Waals surface area contributed by atoms with E-state index in [0.29, 0.717) is 12.3 Å². The monoisotopic (exact) mass is 566 g/mol. The number of hydrogen-bond donors (Lipinski definition) is 0. The average Bonchev–Trinajstić information content (AvgIpc) is 2.84. The molecule has 2 nitrogen and oxygen atoms in total. The highest BCUT2D eigenvalue weighted by Gasteiger charge is 2.41. The molecule has 0 N–H and O–H groups in total. The predicted octanol–water partition coefficient (Wildman–Crippen LogP) is 9.88. The van der Waals surface area contributed by atoms with Gasteiger partial charge >= 0.3 is 18.2 Å². The van der Waals surface area contributed by atoms with Crippen LogP contribution in [0.1, 0.15) is 63.0 Å². The number of aryl methyl sites for hydroxylation is 1. The fourth-order valence-electron chi connectivity index (χ4n) is 4.68. The third kappa shape index (κ3) is 8.19. The highest BCUT2D eigenvalue weighted by molar-refractivity contribution is 5.37. The first kappa shape index (κ1) is 30.4. The molecule has 0 heterocycles. The highest BCUT2D eigenvalue weighted by atomic mass is 19.3. The maximum absolute atomic E-state index is 14.6. The van der Waals surface area contributed by atoms with E-state index in [1.54, 1.807) is 0 Å². The zero-order valence-electron chi connectivity index (χ0n) is 21.0. The standard InChI is InChI=1S/C28H27F9O2/c1-2-5-16-8-10-17(11-9-16)6-3-4-7-18-12-20(29)24(21(30)13-18)28(36,37)39-19-14-22(31)25(23(32)15-19)38-27(35)26(33)34/h3,6,12-17H,2,4-5,7-11H2,1H3/b6-3+. The van der Waals surface area contributed by atoms with Gasteiger partial charge in [0.15, 0.2) is 11.6 Å². The molecule has 39 heavy (non-hydrogen) atoms. The fourth-order valence-corrected chi connectivity index (χ4v) is 4.68. The molecule has 0 amide bonds. The molecule has 2 aromatic carbocycles. The molecule has 0 aromatic heterocycles. The molecule has 1 saturated carbocycles. The van der Waals surface area contributed by atoms with E-state index < -0.39 is 58.5 Å². The van der Waals surface area contributed by atoms with Crippen molar-refractivity contribution in [2.75, 3.05) is 0 Å². The largest absolute Gasteiger partial charge is 0.432 e. The Balaban J connectivity index is 1.65. The van der Waals surface area contributed by atoms with Gasteiger partial charge < -0.3 is 9.47 Å². The lowest BCUT2D eigenvalue weighted by Crippen LogP contribution is -2.25. The molecule has 11 heteroatoms. The van der Waals surface area contributed by atoms with Gasteiger partial charge in [0.05, 0.1) is 0 Å². The normalized spacial score (nSPS) is 17.9. The van der Waals surface area contributed by atoms with Crippen molar-refractivity contribution < 1.29 is 49.0 Å². The van der Waals surface area contributed by atoms with Gasteiger partial charge in [-0.15, -0.1) is 0 Å². The maximum Gasteiger partial charge on any atom is 0.432 e. The van der Waals surface area contributed by atoms with Crippen LogP contribution in [0.15, 0.2) is 48.5 Å². The Hall–Kier alpha value is -3.11. The molecule has 0 unspecified atom stereocenters. The molecule has 0 bridgehead atoms. The van der Waals surface area contributed by atoms with Gasteiger partial charge in [-0.2, -0.15) is 22.0 Å². The van der Waals surface area contributed by atoms with Crippen LogP contribution >= 0.6 is 0 Å². The topological polar surface area (TPSA) is 18.5 Å². The van der Waals surface area contributed by atoms with E-state index in [4.69, 9.17) is 0 Å². The summed E-state index contributed by atoms with van der Waals surface area (Å²) in [5, 5.41) is 0. The number of ether oxygens (including phenoxy) is 2. The molecule has 0 radical (unpaired) electrons. The van der Waals surface area contributed by atoms with Gasteiger partial charge in [-0.3, -0.25) is 0 Å². The average molecular weight is 567 g/mol. The third-order valence-electron chi connectivity index (χ3n) is 6.55. The number of hydrogen-bond acceptors (Lipinski definition) is 2. The minimum atomic E-state index is -4.72. The van der Waals surface area contributed by atoms with E-state index >= 15 is 0 Å². The minimum absolute atomic E-state index is 0.0581. The number of benzene rings is 2. The van der Waals surface area contributed by atoms with E-state index in [1.165, 1.54) is 25.7 Å². The maximum atomic E-state index is 14.6. The number of rotatable bonds is 11. The second-order valence-electron chi connectivity index (χ2n) is 9.44. The molecule has 214 valence electrons. The quantitative estimate of drug-likeness (QED) is 0.153. The molecule has 1 fully saturated rings. The third-order valence-corrected chi connectivity index (χ3v) is 6.55. The molecular formula is C28H27F9O2. The van der Waals surface area contributed by atoms with Crippen molar-refractivity contribution in [2.45, 2.75) is 64.4 Å². The first-order valence-corrected chi connectivity index (χ1v) is 12.5. The second-order valence-corrected chi connectivity index (χ2v) is 9.44. The Labute approximate surface area is 220 Å². The first-order chi connectivity index (χ1) is 18.4. The summed E-state index contributed by atoms with van der Waals surface area (Å²) in [5.74, 6) is -8.75. The van der Waals surface area contributed by atoms with Crippen LogP contribution in [-0.4, -0.2) is 0 Å². The van der Waals surface area contributed by atoms with Gasteiger partial charge in [-0.25, -0.2) is 17.6 Å². The van der Waals surface area contributed by atoms with Crippen molar-refractivity contribution in [3.05, 3.63) is 82.9 Å². The minimum Gasteiger partial charge on any atom is -0.429 e. The van der Waals surface area contributed by atoms with Crippen molar-refractivity contribution in [1.82, 2.24) is 0 Å². The van der Waals surface area contributed by atoms with Crippen LogP contribution in [0.2, 0.25) is 0 Å². The smallest absolute Gasteiger partial charge is 0.429 e. The second kappa shape index (κ2) is 13.3. The fraction of sp³-hybridized carbons (Fsp3) is 0.429. The van der Waals surface area contributed by atoms with Crippen molar-refractivity contribution in [3.8, 4) is 11.5 Å². The summed E-state index contributed by atoms with van der Waals surface area (Å²) in [4.78, 5) is 0. The number of halogens is 9. The molecule has 1 aliphatic rings. The summed E-state index contributed by atoms with van der Waals surface area (Å²) < 4.78 is 131. The van der Waals surface area contributed by atoms with Gasteiger partial charge in [0.25, 0.3) is 0 Å². The Kier molecular flexibility index (Phi) is 10.4. The summed E-state index contributed by atoms with van der Waals surface area (Å²) >= 11 is 0. The molecule has 3 rings (SSSR count). The van der Waals surface area contributed by atoms with E-state index in [0.717, 1.165) is 30.9 Å². The Morgan fingerprint density at radius 2 is 1.49 bits per heavy atom. The SMILES string of the molecule is CCCC1CCC(/C=C/CCc2cc(F)c(C(F)(F)Oc3cc(F)c(OC(F)=C(F)F)c(F)c3)c(F)c2)CC1. The lowest BCUT2D eigenvalue weighted by molar-refractivity contribution is -0.189. The lowest BCUT2D eigenvalue weighted by atomic mass is 9.80. The Morgan fingerprint density at radius 1 is 0.897 bits per heavy atom. The van der Waals surface area contributed by atoms with E-state index in [1.807, 2.05) is 6.08 Å². The summed E-state index contributed by atoms with van der Waals surface area (Å²) in [6, 6.07) is -1.05. The number of alkyl halides is 2. The molecule has 0 saturated heterocycles. The van der Waals surface area contributed by atoms with Crippen LogP contribution in [0.5, 0.6) is 11.5 Å². The summed E-state index contributed by atoms with van der Waals surface area (Å²) in [7, 11) is 0. The van der Waals surface area contributed by atoms with Crippen LogP contribution in [-0.2, 0) is 12.5 Å². The van der Waals surface area contributed by atoms with Crippen LogP contribution in [0.25, 0.3) is 0 Å². The summed E-state index contributed by atoms with van der Waals surface area (Å²) in [6.07, 6.45) is 3.78. The van der Waals surface area contributed by atoms with Gasteiger partial charge in [-0.05, 0) is 68.1 Å². The molecule has 0 atom stereocenters. The zero-order valence-corrected chi connectivity index (χ0v) is 21.0. The Bertz CT molecular complexity index is 1150. The van der Waals surface area contributed by atoms with Crippen molar-refractivity contribution in [3.63, 3.8) is 0 Å². The van der Waals surface area contributed by atoms with E-state index in [2.05, 4.69) is 22.5 Å². The van der Waals surface area contributed by atoms with Crippen LogP contribution in [0.4, 0.5) is 39.5 Å². The van der Waals surface area contributed by atoms with Crippen molar-refractivity contribution in [1.29, 1.82) is 0 Å². The molecule has 0 spiro atoms. The van der Waals surface area contributed by atoms with E-state index in [9.17, 15) is 39.5 Å². The summed E-state index contributed by atoms with van der Waals surface area (Å²) in [5.41, 5.74) is -1.67. The van der Waals surface area contributed by atoms with Gasteiger partial charge in [0.1, 0.15) is 22.9 Å². The van der Waals surface area contributed by atoms with Crippen molar-refractivity contribution >= 4 is 0 Å². The van der Waals surface area contributed by atoms with Crippen LogP contribution in [0.3, 0.4) is 0 Å². The van der Waals surface area contributed by atoms with Crippen LogP contribution < -0.4 is 9.47 Å². The van der Waals surface area contributed by atoms with Crippen molar-refractivity contribution in [2.24, 2.45) is 11.8 Å². The lowest BCUT2D eigenvalue weighted by Gasteiger charge is -2.26. The van der Waals surface area contributed by atoms with Gasteiger partial charge in [-0.1, -0.05) is 31.9 Å². The predicted molar refractivity (Wildman–Crippen MR) is 126 cm³/mol. The van der Waals surface area contributed by atoms with E-state index in [-0.39, 0.29) is 24.1 Å². The Morgan fingerprint density at radius 3 is 2.03 bits per heavy atom. The zero-order chi connectivity index (χ0) is 28.7. The van der Waals surface area contributed by atoms with Crippen LogP contribution in [0, 0.1) is 35.1 Å². The number of allylic oxidation sites excluding steroid dienone is 2. The molecule has 1 aliphatic carbocycles. The first-order valence-electron chi connectivity index (χ1n) is 12.5. The van der Waals surface area contributed by atoms with Gasteiger partial charge in [0, 0.05) is 12.1 Å². The van der Waals surface area contributed by atoms with Gasteiger partial charge in [0.2, 0.25) is 5.75 Å². The molecular weight excluding hydrogens is 539 g/mol. The molecule has 2 aromatic rings. The summed E-state index contributed by atoms with van der Waals surface area (Å²) in [6.45, 7) is 2.17. The molecule has 0 aliphatic heterocycles.